The van der Waals surface area contributed by atoms with E-state index in [1.54, 1.807) is 0 Å². The molecule has 6 heteroatoms. The van der Waals surface area contributed by atoms with Crippen LogP contribution in [0.4, 0.5) is 27.6 Å². The highest BCUT2D eigenvalue weighted by molar-refractivity contribution is 5.46. The number of anilines is 1. The van der Waals surface area contributed by atoms with E-state index in [0.29, 0.717) is 0 Å². The summed E-state index contributed by atoms with van der Waals surface area (Å²) >= 11 is 0. The molecule has 0 saturated heterocycles. The maximum atomic E-state index is 13.6. The Labute approximate surface area is 112 Å². The summed E-state index contributed by atoms with van der Waals surface area (Å²) in [5.74, 6) is -6.37. The van der Waals surface area contributed by atoms with Crippen molar-refractivity contribution in [2.45, 2.75) is 13.0 Å². The summed E-state index contributed by atoms with van der Waals surface area (Å²) in [4.78, 5) is 0. The summed E-state index contributed by atoms with van der Waals surface area (Å²) in [6.07, 6.45) is 0. The molecule has 1 unspecified atom stereocenters. The van der Waals surface area contributed by atoms with Crippen molar-refractivity contribution < 1.29 is 22.0 Å². The number of rotatable bonds is 3. The van der Waals surface area contributed by atoms with Gasteiger partial charge in [0.15, 0.2) is 29.1 Å². The quantitative estimate of drug-likeness (QED) is 0.645. The van der Waals surface area contributed by atoms with Crippen LogP contribution in [0.2, 0.25) is 0 Å². The van der Waals surface area contributed by atoms with Crippen LogP contribution in [-0.2, 0) is 0 Å². The van der Waals surface area contributed by atoms with Crippen LogP contribution < -0.4 is 5.32 Å². The topological polar surface area (TPSA) is 12.0 Å². The molecule has 0 radical (unpaired) electrons. The van der Waals surface area contributed by atoms with Crippen molar-refractivity contribution in [3.05, 3.63) is 65.0 Å². The Bertz CT molecular complexity index is 618. The fraction of sp³-hybridized carbons (Fsp3) is 0.143. The fourth-order valence-corrected chi connectivity index (χ4v) is 1.82. The number of nitrogens with one attached hydrogen (secondary N) is 1. The van der Waals surface area contributed by atoms with Crippen LogP contribution in [0, 0.1) is 29.1 Å². The molecular weight excluding hydrogens is 277 g/mol. The van der Waals surface area contributed by atoms with Crippen LogP contribution >= 0.6 is 0 Å². The van der Waals surface area contributed by atoms with Crippen molar-refractivity contribution in [2.75, 3.05) is 5.32 Å². The van der Waals surface area contributed by atoms with Crippen molar-refractivity contribution in [1.82, 2.24) is 0 Å². The lowest BCUT2D eigenvalue weighted by atomic mass is 10.1. The standard InChI is InChI=1S/C14H10F5N/c1-7(9-3-2-4-10(15)13(9)18)20-8-5-11(16)14(19)12(17)6-8/h2-7,20H,1H3. The molecule has 2 rings (SSSR count). The smallest absolute Gasteiger partial charge is 0.194 e. The van der Waals surface area contributed by atoms with Gasteiger partial charge in [-0.25, -0.2) is 22.0 Å². The molecule has 20 heavy (non-hydrogen) atoms. The normalized spacial score (nSPS) is 12.3. The van der Waals surface area contributed by atoms with Gasteiger partial charge in [-0.3, -0.25) is 0 Å². The van der Waals surface area contributed by atoms with Crippen LogP contribution in [0.25, 0.3) is 0 Å². The van der Waals surface area contributed by atoms with E-state index >= 15 is 0 Å². The second-order valence-electron chi connectivity index (χ2n) is 4.26. The van der Waals surface area contributed by atoms with Gasteiger partial charge in [0.2, 0.25) is 0 Å². The minimum absolute atomic E-state index is 0.00450. The zero-order chi connectivity index (χ0) is 14.9. The molecule has 0 aliphatic heterocycles. The number of benzene rings is 2. The zero-order valence-corrected chi connectivity index (χ0v) is 10.4. The first-order chi connectivity index (χ1) is 9.40. The molecule has 0 heterocycles. The van der Waals surface area contributed by atoms with Gasteiger partial charge in [0.25, 0.3) is 0 Å². The molecule has 1 nitrogen and oxygen atoms in total. The molecule has 0 spiro atoms. The van der Waals surface area contributed by atoms with Gasteiger partial charge in [0, 0.05) is 23.4 Å². The van der Waals surface area contributed by atoms with Gasteiger partial charge in [0.1, 0.15) is 0 Å². The Morgan fingerprint density at radius 1 is 0.850 bits per heavy atom. The number of halogens is 5. The third-order valence-corrected chi connectivity index (χ3v) is 2.81. The number of hydrogen-bond donors (Lipinski definition) is 1. The van der Waals surface area contributed by atoms with Gasteiger partial charge in [-0.1, -0.05) is 12.1 Å². The maximum absolute atomic E-state index is 13.6. The Kier molecular flexibility index (Phi) is 3.92. The highest BCUT2D eigenvalue weighted by Crippen LogP contribution is 2.25. The van der Waals surface area contributed by atoms with Crippen molar-refractivity contribution in [2.24, 2.45) is 0 Å². The first kappa shape index (κ1) is 14.3. The third-order valence-electron chi connectivity index (χ3n) is 2.81. The van der Waals surface area contributed by atoms with E-state index in [9.17, 15) is 22.0 Å². The SMILES string of the molecule is CC(Nc1cc(F)c(F)c(F)c1)c1cccc(F)c1F. The fourth-order valence-electron chi connectivity index (χ4n) is 1.82. The van der Waals surface area contributed by atoms with E-state index in [-0.39, 0.29) is 11.3 Å². The molecule has 0 bridgehead atoms. The van der Waals surface area contributed by atoms with E-state index in [1.807, 2.05) is 0 Å². The zero-order valence-electron chi connectivity index (χ0n) is 10.4. The van der Waals surface area contributed by atoms with E-state index in [1.165, 1.54) is 19.1 Å². The molecule has 0 saturated carbocycles. The first-order valence-corrected chi connectivity index (χ1v) is 5.75. The molecule has 0 fully saturated rings. The summed E-state index contributed by atoms with van der Waals surface area (Å²) in [5, 5.41) is 2.58. The van der Waals surface area contributed by atoms with E-state index < -0.39 is 35.1 Å². The average molecular weight is 287 g/mol. The highest BCUT2D eigenvalue weighted by atomic mass is 19.2. The van der Waals surface area contributed by atoms with Gasteiger partial charge >= 0.3 is 0 Å². The van der Waals surface area contributed by atoms with Gasteiger partial charge in [-0.05, 0) is 13.0 Å². The van der Waals surface area contributed by atoms with Crippen LogP contribution in [0.5, 0.6) is 0 Å². The van der Waals surface area contributed by atoms with Crippen LogP contribution in [-0.4, -0.2) is 0 Å². The first-order valence-electron chi connectivity index (χ1n) is 5.75. The van der Waals surface area contributed by atoms with Crippen molar-refractivity contribution >= 4 is 5.69 Å². The van der Waals surface area contributed by atoms with Gasteiger partial charge in [0.05, 0.1) is 6.04 Å². The molecule has 1 atom stereocenters. The predicted octanol–water partition coefficient (Wildman–Crippen LogP) is 4.56. The monoisotopic (exact) mass is 287 g/mol. The lowest BCUT2D eigenvalue weighted by Crippen LogP contribution is -2.10. The lowest BCUT2D eigenvalue weighted by molar-refractivity contribution is 0.447. The highest BCUT2D eigenvalue weighted by Gasteiger charge is 2.16. The summed E-state index contributed by atoms with van der Waals surface area (Å²) in [6.45, 7) is 1.48. The molecule has 0 aromatic heterocycles. The molecule has 1 N–H and O–H groups in total. The molecule has 0 amide bonds. The average Bonchev–Trinajstić information content (AvgIpc) is 2.39. The van der Waals surface area contributed by atoms with Crippen LogP contribution in [0.3, 0.4) is 0 Å². The van der Waals surface area contributed by atoms with Crippen molar-refractivity contribution in [3.63, 3.8) is 0 Å². The Hall–Kier alpha value is -2.11. The maximum Gasteiger partial charge on any atom is 0.194 e. The molecule has 2 aromatic rings. The Morgan fingerprint density at radius 2 is 1.45 bits per heavy atom. The second kappa shape index (κ2) is 5.48. The van der Waals surface area contributed by atoms with E-state index in [2.05, 4.69) is 5.32 Å². The second-order valence-corrected chi connectivity index (χ2v) is 4.26. The minimum Gasteiger partial charge on any atom is -0.378 e. The summed E-state index contributed by atoms with van der Waals surface area (Å²) < 4.78 is 65.5. The van der Waals surface area contributed by atoms with Gasteiger partial charge in [-0.2, -0.15) is 0 Å². The molecule has 2 aromatic carbocycles. The Morgan fingerprint density at radius 3 is 2.05 bits per heavy atom. The lowest BCUT2D eigenvalue weighted by Gasteiger charge is -2.17. The Balaban J connectivity index is 2.28. The van der Waals surface area contributed by atoms with E-state index in [4.69, 9.17) is 0 Å². The molecule has 106 valence electrons. The van der Waals surface area contributed by atoms with Crippen molar-refractivity contribution in [3.8, 4) is 0 Å². The van der Waals surface area contributed by atoms with Crippen LogP contribution in [0.1, 0.15) is 18.5 Å². The predicted molar refractivity (Wildman–Crippen MR) is 64.7 cm³/mol. The molecule has 0 aliphatic carbocycles. The summed E-state index contributed by atoms with van der Waals surface area (Å²) in [5.41, 5.74) is -0.0762. The number of hydrogen-bond acceptors (Lipinski definition) is 1. The minimum atomic E-state index is -1.58. The van der Waals surface area contributed by atoms with Crippen LogP contribution in [0.15, 0.2) is 30.3 Å². The van der Waals surface area contributed by atoms with Gasteiger partial charge < -0.3 is 5.32 Å². The largest absolute Gasteiger partial charge is 0.378 e. The van der Waals surface area contributed by atoms with Gasteiger partial charge in [-0.15, -0.1) is 0 Å². The summed E-state index contributed by atoms with van der Waals surface area (Å²) in [6, 6.07) is 4.35. The van der Waals surface area contributed by atoms with Crippen molar-refractivity contribution in [1.29, 1.82) is 0 Å². The molecule has 0 aliphatic rings. The third kappa shape index (κ3) is 2.74. The summed E-state index contributed by atoms with van der Waals surface area (Å²) in [7, 11) is 0. The molecular formula is C14H10F5N. The van der Waals surface area contributed by atoms with E-state index in [0.717, 1.165) is 18.2 Å².